The first-order chi connectivity index (χ1) is 9.10. The van der Waals surface area contributed by atoms with Crippen molar-refractivity contribution in [3.05, 3.63) is 65.0 Å². The summed E-state index contributed by atoms with van der Waals surface area (Å²) in [6.45, 7) is 1.98. The maximum atomic E-state index is 13.7. The van der Waals surface area contributed by atoms with Crippen LogP contribution in [0.2, 0.25) is 0 Å². The van der Waals surface area contributed by atoms with Crippen LogP contribution in [0.1, 0.15) is 22.9 Å². The average Bonchev–Trinajstić information content (AvgIpc) is 2.38. The molecule has 0 amide bonds. The molecular weight excluding hydrogens is 246 g/mol. The zero-order valence-electron chi connectivity index (χ0n) is 11.0. The predicted molar refractivity (Wildman–Crippen MR) is 70.8 cm³/mol. The molecule has 0 aliphatic rings. The van der Waals surface area contributed by atoms with E-state index in [0.717, 1.165) is 17.3 Å². The quantitative estimate of drug-likeness (QED) is 0.915. The van der Waals surface area contributed by atoms with E-state index in [1.165, 1.54) is 12.1 Å². The number of aryl methyl sites for hydroxylation is 1. The van der Waals surface area contributed by atoms with Gasteiger partial charge in [-0.15, -0.1) is 0 Å². The summed E-state index contributed by atoms with van der Waals surface area (Å²) < 4.78 is 26.5. The Hall–Kier alpha value is -1.81. The summed E-state index contributed by atoms with van der Waals surface area (Å²) >= 11 is 0. The molecule has 1 heterocycles. The number of nitrogens with one attached hydrogen (secondary N) is 1. The van der Waals surface area contributed by atoms with Crippen molar-refractivity contribution in [3.8, 4) is 0 Å². The van der Waals surface area contributed by atoms with E-state index in [4.69, 9.17) is 0 Å². The Kier molecular flexibility index (Phi) is 4.22. The van der Waals surface area contributed by atoms with E-state index in [1.54, 1.807) is 13.2 Å². The van der Waals surface area contributed by atoms with Gasteiger partial charge in [-0.1, -0.05) is 6.07 Å². The topological polar surface area (TPSA) is 24.9 Å². The van der Waals surface area contributed by atoms with Crippen LogP contribution in [0, 0.1) is 18.6 Å². The lowest BCUT2D eigenvalue weighted by atomic mass is 10.0. The van der Waals surface area contributed by atoms with Crippen LogP contribution in [-0.2, 0) is 6.42 Å². The molecule has 2 nitrogen and oxygen atoms in total. The highest BCUT2D eigenvalue weighted by atomic mass is 19.1. The van der Waals surface area contributed by atoms with Crippen LogP contribution in [0.3, 0.4) is 0 Å². The Bertz CT molecular complexity index is 570. The monoisotopic (exact) mass is 262 g/mol. The number of hydrogen-bond acceptors (Lipinski definition) is 2. The van der Waals surface area contributed by atoms with Gasteiger partial charge in [-0.3, -0.25) is 4.98 Å². The minimum Gasteiger partial charge on any atom is -0.311 e. The summed E-state index contributed by atoms with van der Waals surface area (Å²) in [5.74, 6) is -1.08. The van der Waals surface area contributed by atoms with Gasteiger partial charge in [0.1, 0.15) is 11.6 Å². The van der Waals surface area contributed by atoms with Crippen LogP contribution < -0.4 is 5.32 Å². The number of rotatable bonds is 4. The molecule has 4 heteroatoms. The largest absolute Gasteiger partial charge is 0.311 e. The second-order valence-corrected chi connectivity index (χ2v) is 4.54. The average molecular weight is 262 g/mol. The first-order valence-electron chi connectivity index (χ1n) is 6.14. The molecule has 0 fully saturated rings. The molecule has 0 saturated heterocycles. The molecule has 19 heavy (non-hydrogen) atoms. The lowest BCUT2D eigenvalue weighted by Gasteiger charge is -2.16. The molecule has 1 N–H and O–H groups in total. The molecule has 0 aliphatic carbocycles. The zero-order valence-corrected chi connectivity index (χ0v) is 11.0. The van der Waals surface area contributed by atoms with Crippen molar-refractivity contribution < 1.29 is 8.78 Å². The van der Waals surface area contributed by atoms with Gasteiger partial charge in [0.15, 0.2) is 0 Å². The molecule has 1 atom stereocenters. The normalized spacial score (nSPS) is 12.4. The van der Waals surface area contributed by atoms with Crippen molar-refractivity contribution in [3.63, 3.8) is 0 Å². The number of pyridine rings is 1. The third kappa shape index (κ3) is 3.35. The Morgan fingerprint density at radius 3 is 2.63 bits per heavy atom. The van der Waals surface area contributed by atoms with Gasteiger partial charge in [0, 0.05) is 12.3 Å². The maximum absolute atomic E-state index is 13.7. The summed E-state index contributed by atoms with van der Waals surface area (Å²) in [5, 5.41) is 3.11. The van der Waals surface area contributed by atoms with E-state index in [0.29, 0.717) is 12.0 Å². The third-order valence-electron chi connectivity index (χ3n) is 3.08. The molecule has 0 bridgehead atoms. The predicted octanol–water partition coefficient (Wildman–Crippen LogP) is 3.17. The van der Waals surface area contributed by atoms with E-state index < -0.39 is 11.6 Å². The Balaban J connectivity index is 2.24. The van der Waals surface area contributed by atoms with Crippen molar-refractivity contribution in [2.45, 2.75) is 19.4 Å². The van der Waals surface area contributed by atoms with Crippen molar-refractivity contribution in [2.75, 3.05) is 7.05 Å². The SMILES string of the molecule is CNC(Cc1ccc(F)cc1F)c1cc(C)ccn1. The van der Waals surface area contributed by atoms with E-state index in [9.17, 15) is 8.78 Å². The van der Waals surface area contributed by atoms with Crippen LogP contribution in [0.15, 0.2) is 36.5 Å². The van der Waals surface area contributed by atoms with Crippen LogP contribution in [0.4, 0.5) is 8.78 Å². The highest BCUT2D eigenvalue weighted by molar-refractivity contribution is 5.23. The molecular formula is C15H16F2N2. The summed E-state index contributed by atoms with van der Waals surface area (Å²) in [6.07, 6.45) is 2.16. The van der Waals surface area contributed by atoms with Gasteiger partial charge in [0.05, 0.1) is 11.7 Å². The van der Waals surface area contributed by atoms with Gasteiger partial charge in [-0.05, 0) is 49.7 Å². The van der Waals surface area contributed by atoms with Gasteiger partial charge >= 0.3 is 0 Å². The number of nitrogens with zero attached hydrogens (tertiary/aromatic N) is 1. The van der Waals surface area contributed by atoms with Crippen LogP contribution in [0.5, 0.6) is 0 Å². The number of benzene rings is 1. The van der Waals surface area contributed by atoms with Gasteiger partial charge in [0.25, 0.3) is 0 Å². The van der Waals surface area contributed by atoms with Crippen molar-refractivity contribution >= 4 is 0 Å². The smallest absolute Gasteiger partial charge is 0.129 e. The number of hydrogen-bond donors (Lipinski definition) is 1. The Labute approximate surface area is 111 Å². The summed E-state index contributed by atoms with van der Waals surface area (Å²) in [6, 6.07) is 7.43. The fraction of sp³-hybridized carbons (Fsp3) is 0.267. The fourth-order valence-corrected chi connectivity index (χ4v) is 2.01. The van der Waals surface area contributed by atoms with Crippen molar-refractivity contribution in [2.24, 2.45) is 0 Å². The number of halogens is 2. The summed E-state index contributed by atoms with van der Waals surface area (Å²) in [4.78, 5) is 4.30. The van der Waals surface area contributed by atoms with E-state index in [-0.39, 0.29) is 6.04 Å². The van der Waals surface area contributed by atoms with Crippen molar-refractivity contribution in [1.29, 1.82) is 0 Å². The minimum absolute atomic E-state index is 0.0974. The van der Waals surface area contributed by atoms with Crippen molar-refractivity contribution in [1.82, 2.24) is 10.3 Å². The molecule has 1 aromatic carbocycles. The fourth-order valence-electron chi connectivity index (χ4n) is 2.01. The highest BCUT2D eigenvalue weighted by Crippen LogP contribution is 2.19. The first-order valence-corrected chi connectivity index (χ1v) is 6.14. The van der Waals surface area contributed by atoms with Gasteiger partial charge in [-0.25, -0.2) is 8.78 Å². The molecule has 1 aromatic heterocycles. The Morgan fingerprint density at radius 2 is 2.00 bits per heavy atom. The first kappa shape index (κ1) is 13.6. The molecule has 100 valence electrons. The van der Waals surface area contributed by atoms with Crippen LogP contribution in [0.25, 0.3) is 0 Å². The van der Waals surface area contributed by atoms with Gasteiger partial charge in [0.2, 0.25) is 0 Å². The molecule has 0 radical (unpaired) electrons. The van der Waals surface area contributed by atoms with E-state index in [1.807, 2.05) is 19.1 Å². The Morgan fingerprint density at radius 1 is 1.21 bits per heavy atom. The maximum Gasteiger partial charge on any atom is 0.129 e. The van der Waals surface area contributed by atoms with Gasteiger partial charge < -0.3 is 5.32 Å². The minimum atomic E-state index is -0.559. The molecule has 1 unspecified atom stereocenters. The molecule has 2 rings (SSSR count). The number of aromatic nitrogens is 1. The van der Waals surface area contributed by atoms with E-state index >= 15 is 0 Å². The molecule has 0 spiro atoms. The molecule has 0 aliphatic heterocycles. The zero-order chi connectivity index (χ0) is 13.8. The second-order valence-electron chi connectivity index (χ2n) is 4.54. The lowest BCUT2D eigenvalue weighted by Crippen LogP contribution is -2.20. The van der Waals surface area contributed by atoms with E-state index in [2.05, 4.69) is 10.3 Å². The highest BCUT2D eigenvalue weighted by Gasteiger charge is 2.14. The third-order valence-corrected chi connectivity index (χ3v) is 3.08. The summed E-state index contributed by atoms with van der Waals surface area (Å²) in [5.41, 5.74) is 2.43. The van der Waals surface area contributed by atoms with Gasteiger partial charge in [-0.2, -0.15) is 0 Å². The lowest BCUT2D eigenvalue weighted by molar-refractivity contribution is 0.534. The standard InChI is InChI=1S/C15H16F2N2/c1-10-5-6-19-15(7-10)14(18-2)8-11-3-4-12(16)9-13(11)17/h3-7,9,14,18H,8H2,1-2H3. The molecule has 2 aromatic rings. The number of likely N-dealkylation sites (N-methyl/N-ethyl adjacent to an activating group) is 1. The molecule has 0 saturated carbocycles. The van der Waals surface area contributed by atoms with Crippen LogP contribution >= 0.6 is 0 Å². The summed E-state index contributed by atoms with van der Waals surface area (Å²) in [7, 11) is 1.80. The van der Waals surface area contributed by atoms with Crippen LogP contribution in [-0.4, -0.2) is 12.0 Å². The second kappa shape index (κ2) is 5.89.